The number of aliphatic imine (C=N–C) groups is 1. The Bertz CT molecular complexity index is 424. The molecule has 1 aromatic carbocycles. The predicted octanol–water partition coefficient (Wildman–Crippen LogP) is 2.59. The van der Waals surface area contributed by atoms with Gasteiger partial charge in [-0.15, -0.1) is 0 Å². The molecule has 0 unspecified atom stereocenters. The van der Waals surface area contributed by atoms with Crippen molar-refractivity contribution in [3.8, 4) is 11.5 Å². The lowest BCUT2D eigenvalue weighted by Gasteiger charge is -2.10. The number of hydrogen-bond donors (Lipinski definition) is 0. The van der Waals surface area contributed by atoms with Gasteiger partial charge < -0.3 is 9.47 Å². The van der Waals surface area contributed by atoms with Gasteiger partial charge in [-0.2, -0.15) is 4.99 Å². The molecule has 0 aromatic heterocycles. The molecule has 0 fully saturated rings. The highest BCUT2D eigenvalue weighted by Crippen LogP contribution is 2.35. The van der Waals surface area contributed by atoms with Crippen molar-refractivity contribution < 1.29 is 14.3 Å². The third kappa shape index (κ3) is 2.07. The molecule has 0 spiro atoms. The van der Waals surface area contributed by atoms with E-state index in [9.17, 15) is 4.79 Å². The molecule has 16 heavy (non-hydrogen) atoms. The van der Waals surface area contributed by atoms with Gasteiger partial charge in [-0.05, 0) is 24.1 Å². The minimum absolute atomic E-state index is 0.128. The number of hydrogen-bond acceptors (Lipinski definition) is 4. The van der Waals surface area contributed by atoms with Gasteiger partial charge in [-0.1, -0.05) is 19.4 Å². The van der Waals surface area contributed by atoms with Crippen LogP contribution in [-0.2, 0) is 4.79 Å². The minimum atomic E-state index is -0.128. The summed E-state index contributed by atoms with van der Waals surface area (Å²) >= 11 is 0. The topological polar surface area (TPSA) is 47.9 Å². The fraction of sp³-hybridized carbons (Fsp3) is 0.417. The quantitative estimate of drug-likeness (QED) is 0.577. The van der Waals surface area contributed by atoms with E-state index in [-0.39, 0.29) is 12.8 Å². The van der Waals surface area contributed by atoms with E-state index in [1.165, 1.54) is 0 Å². The van der Waals surface area contributed by atoms with E-state index in [4.69, 9.17) is 9.47 Å². The third-order valence-corrected chi connectivity index (χ3v) is 2.55. The Labute approximate surface area is 93.9 Å². The predicted molar refractivity (Wildman–Crippen MR) is 58.3 cm³/mol. The van der Waals surface area contributed by atoms with Gasteiger partial charge in [0.25, 0.3) is 0 Å². The normalized spacial score (nSPS) is 14.3. The fourth-order valence-electron chi connectivity index (χ4n) is 1.76. The molecule has 84 valence electrons. The maximum Gasteiger partial charge on any atom is 0.235 e. The van der Waals surface area contributed by atoms with Gasteiger partial charge in [0.1, 0.15) is 0 Å². The summed E-state index contributed by atoms with van der Waals surface area (Å²) < 4.78 is 10.5. The van der Waals surface area contributed by atoms with E-state index in [0.29, 0.717) is 0 Å². The number of carbonyl (C=O) groups excluding carboxylic acids is 1. The molecule has 0 aliphatic carbocycles. The Morgan fingerprint density at radius 3 is 3.00 bits per heavy atom. The smallest absolute Gasteiger partial charge is 0.235 e. The van der Waals surface area contributed by atoms with Crippen LogP contribution < -0.4 is 9.47 Å². The Morgan fingerprint density at radius 1 is 1.44 bits per heavy atom. The lowest BCUT2D eigenvalue weighted by molar-refractivity contribution is 0.174. The molecule has 4 heteroatoms. The van der Waals surface area contributed by atoms with Crippen LogP contribution in [0.1, 0.15) is 31.4 Å². The molecule has 0 bridgehead atoms. The first-order chi connectivity index (χ1) is 7.85. The lowest BCUT2D eigenvalue weighted by atomic mass is 10.0. The highest BCUT2D eigenvalue weighted by atomic mass is 16.7. The Morgan fingerprint density at radius 2 is 2.25 bits per heavy atom. The largest absolute Gasteiger partial charge is 0.454 e. The molecule has 0 saturated heterocycles. The number of fused-ring (bicyclic) bond motifs is 1. The van der Waals surface area contributed by atoms with Gasteiger partial charge in [0.15, 0.2) is 11.5 Å². The maximum absolute atomic E-state index is 10.3. The second-order valence-electron chi connectivity index (χ2n) is 3.64. The molecule has 2 rings (SSSR count). The second-order valence-corrected chi connectivity index (χ2v) is 3.64. The van der Waals surface area contributed by atoms with Gasteiger partial charge in [0, 0.05) is 0 Å². The third-order valence-electron chi connectivity index (χ3n) is 2.55. The summed E-state index contributed by atoms with van der Waals surface area (Å²) in [6.45, 7) is 2.31. The molecular weight excluding hydrogens is 206 g/mol. The van der Waals surface area contributed by atoms with Crippen LogP contribution in [0.15, 0.2) is 23.2 Å². The van der Waals surface area contributed by atoms with Gasteiger partial charge in [0.05, 0.1) is 6.04 Å². The zero-order chi connectivity index (χ0) is 11.4. The zero-order valence-electron chi connectivity index (χ0n) is 9.10. The average Bonchev–Trinajstić information content (AvgIpc) is 2.75. The van der Waals surface area contributed by atoms with Gasteiger partial charge >= 0.3 is 0 Å². The van der Waals surface area contributed by atoms with Crippen molar-refractivity contribution in [3.63, 3.8) is 0 Å². The molecule has 0 saturated carbocycles. The first-order valence-corrected chi connectivity index (χ1v) is 5.31. The molecule has 1 aliphatic rings. The van der Waals surface area contributed by atoms with Crippen molar-refractivity contribution in [3.05, 3.63) is 23.8 Å². The first kappa shape index (κ1) is 10.7. The molecule has 4 nitrogen and oxygen atoms in total. The fourth-order valence-corrected chi connectivity index (χ4v) is 1.76. The molecule has 0 N–H and O–H groups in total. The average molecular weight is 219 g/mol. The van der Waals surface area contributed by atoms with Crippen molar-refractivity contribution in [2.24, 2.45) is 4.99 Å². The summed E-state index contributed by atoms with van der Waals surface area (Å²) in [6, 6.07) is 5.51. The van der Waals surface area contributed by atoms with Crippen molar-refractivity contribution in [1.29, 1.82) is 0 Å². The number of nitrogens with zero attached hydrogens (tertiary/aromatic N) is 1. The summed E-state index contributed by atoms with van der Waals surface area (Å²) in [5.41, 5.74) is 0.967. The van der Waals surface area contributed by atoms with Crippen molar-refractivity contribution in [2.75, 3.05) is 6.79 Å². The van der Waals surface area contributed by atoms with E-state index < -0.39 is 0 Å². The van der Waals surface area contributed by atoms with Crippen LogP contribution in [0.4, 0.5) is 0 Å². The zero-order valence-corrected chi connectivity index (χ0v) is 9.10. The van der Waals surface area contributed by atoms with Gasteiger partial charge in [-0.3, -0.25) is 0 Å². The lowest BCUT2D eigenvalue weighted by Crippen LogP contribution is -1.95. The summed E-state index contributed by atoms with van der Waals surface area (Å²) in [7, 11) is 0. The highest BCUT2D eigenvalue weighted by Gasteiger charge is 2.17. The van der Waals surface area contributed by atoms with E-state index in [1.54, 1.807) is 6.08 Å². The second kappa shape index (κ2) is 4.81. The monoisotopic (exact) mass is 219 g/mol. The van der Waals surface area contributed by atoms with Crippen LogP contribution >= 0.6 is 0 Å². The van der Waals surface area contributed by atoms with E-state index in [0.717, 1.165) is 29.9 Å². The summed E-state index contributed by atoms with van der Waals surface area (Å²) in [6.07, 6.45) is 3.41. The maximum atomic E-state index is 10.3. The SMILES string of the molecule is CCC[C@@H](N=C=O)c1ccc2c(c1)OCO2. The van der Waals surface area contributed by atoms with Crippen molar-refractivity contribution in [2.45, 2.75) is 25.8 Å². The number of rotatable bonds is 4. The van der Waals surface area contributed by atoms with E-state index in [2.05, 4.69) is 11.9 Å². The Kier molecular flexibility index (Phi) is 3.22. The molecular formula is C12H13NO3. The van der Waals surface area contributed by atoms with Crippen LogP contribution in [0.3, 0.4) is 0 Å². The van der Waals surface area contributed by atoms with Crippen LogP contribution in [-0.4, -0.2) is 12.9 Å². The van der Waals surface area contributed by atoms with Crippen molar-refractivity contribution in [1.82, 2.24) is 0 Å². The minimum Gasteiger partial charge on any atom is -0.454 e. The number of benzene rings is 1. The Hall–Kier alpha value is -1.80. The van der Waals surface area contributed by atoms with Gasteiger partial charge in [-0.25, -0.2) is 4.79 Å². The van der Waals surface area contributed by atoms with E-state index >= 15 is 0 Å². The molecule has 1 aliphatic heterocycles. The van der Waals surface area contributed by atoms with Crippen LogP contribution in [0.2, 0.25) is 0 Å². The van der Waals surface area contributed by atoms with E-state index in [1.807, 2.05) is 18.2 Å². The van der Waals surface area contributed by atoms with Crippen LogP contribution in [0.5, 0.6) is 11.5 Å². The molecule has 0 amide bonds. The summed E-state index contributed by atoms with van der Waals surface area (Å²) in [4.78, 5) is 14.2. The Balaban J connectivity index is 2.27. The van der Waals surface area contributed by atoms with Gasteiger partial charge in [0.2, 0.25) is 12.9 Å². The van der Waals surface area contributed by atoms with Crippen LogP contribution in [0, 0.1) is 0 Å². The molecule has 1 atom stereocenters. The van der Waals surface area contributed by atoms with Crippen LogP contribution in [0.25, 0.3) is 0 Å². The first-order valence-electron chi connectivity index (χ1n) is 5.31. The molecule has 0 radical (unpaired) electrons. The highest BCUT2D eigenvalue weighted by molar-refractivity contribution is 5.46. The summed E-state index contributed by atoms with van der Waals surface area (Å²) in [5.74, 6) is 1.47. The standard InChI is InChI=1S/C12H13NO3/c1-2-3-10(13-7-14)9-4-5-11-12(6-9)16-8-15-11/h4-6,10H,2-3,8H2,1H3/t10-/m1/s1. The molecule has 1 aromatic rings. The van der Waals surface area contributed by atoms with Crippen molar-refractivity contribution >= 4 is 6.08 Å². The summed E-state index contributed by atoms with van der Waals surface area (Å²) in [5, 5.41) is 0. The number of isocyanates is 1. The molecule has 1 heterocycles. The number of ether oxygens (including phenoxy) is 2.